The number of carbonyl (C=O) groups is 2. The van der Waals surface area contributed by atoms with Gasteiger partial charge in [0.25, 0.3) is 5.91 Å². The molecular formula is C15H23BrN4O2S. The molecule has 1 aliphatic heterocycles. The van der Waals surface area contributed by atoms with Gasteiger partial charge >= 0.3 is 0 Å². The fourth-order valence-electron chi connectivity index (χ4n) is 2.32. The van der Waals surface area contributed by atoms with Crippen LogP contribution in [0.4, 0.5) is 0 Å². The van der Waals surface area contributed by atoms with Crippen molar-refractivity contribution in [3.05, 3.63) is 15.9 Å². The number of nitrogens with zero attached hydrogens (tertiary/aromatic N) is 2. The SMILES string of the molecule is CC(C)c1[nH]nc(C(=O)N2CSCC2C(=O)NC(C)(C)C)c1Br. The van der Waals surface area contributed by atoms with Crippen molar-refractivity contribution >= 4 is 39.5 Å². The highest BCUT2D eigenvalue weighted by molar-refractivity contribution is 9.10. The molecule has 1 unspecified atom stereocenters. The Hall–Kier alpha value is -1.02. The average Bonchev–Trinajstić information content (AvgIpc) is 3.02. The molecule has 0 aromatic carbocycles. The lowest BCUT2D eigenvalue weighted by molar-refractivity contribution is -0.125. The van der Waals surface area contributed by atoms with E-state index in [4.69, 9.17) is 0 Å². The van der Waals surface area contributed by atoms with Gasteiger partial charge in [-0.1, -0.05) is 13.8 Å². The number of rotatable bonds is 3. The zero-order valence-electron chi connectivity index (χ0n) is 14.1. The van der Waals surface area contributed by atoms with Gasteiger partial charge in [0.05, 0.1) is 16.0 Å². The summed E-state index contributed by atoms with van der Waals surface area (Å²) < 4.78 is 0.685. The van der Waals surface area contributed by atoms with Crippen LogP contribution in [-0.4, -0.2) is 50.1 Å². The number of thioether (sulfide) groups is 1. The molecule has 0 spiro atoms. The lowest BCUT2D eigenvalue weighted by Crippen LogP contribution is -2.52. The smallest absolute Gasteiger partial charge is 0.276 e. The number of aromatic amines is 1. The number of aromatic nitrogens is 2. The zero-order chi connectivity index (χ0) is 17.4. The van der Waals surface area contributed by atoms with Gasteiger partial charge in [-0.3, -0.25) is 14.7 Å². The molecule has 1 aliphatic rings. The van der Waals surface area contributed by atoms with Crippen LogP contribution in [0.5, 0.6) is 0 Å². The quantitative estimate of drug-likeness (QED) is 0.814. The Kier molecular flexibility index (Phi) is 5.45. The van der Waals surface area contributed by atoms with Crippen LogP contribution in [0, 0.1) is 0 Å². The Labute approximate surface area is 149 Å². The molecule has 2 amide bonds. The van der Waals surface area contributed by atoms with Gasteiger partial charge < -0.3 is 10.2 Å². The molecule has 1 aromatic rings. The molecule has 0 saturated carbocycles. The third-order valence-corrected chi connectivity index (χ3v) is 5.27. The normalized spacial score (nSPS) is 18.6. The third kappa shape index (κ3) is 4.09. The Morgan fingerprint density at radius 2 is 2.09 bits per heavy atom. The minimum atomic E-state index is -0.460. The van der Waals surface area contributed by atoms with E-state index >= 15 is 0 Å². The molecule has 1 saturated heterocycles. The maximum atomic E-state index is 12.8. The first kappa shape index (κ1) is 18.3. The van der Waals surface area contributed by atoms with Crippen LogP contribution in [0.3, 0.4) is 0 Å². The molecule has 0 bridgehead atoms. The fourth-order valence-corrected chi connectivity index (χ4v) is 4.27. The molecule has 2 rings (SSSR count). The predicted octanol–water partition coefficient (Wildman–Crippen LogP) is 2.73. The van der Waals surface area contributed by atoms with Crippen LogP contribution < -0.4 is 5.32 Å². The lowest BCUT2D eigenvalue weighted by atomic mass is 10.1. The van der Waals surface area contributed by atoms with Gasteiger partial charge in [0.2, 0.25) is 5.91 Å². The molecule has 1 aromatic heterocycles. The molecular weight excluding hydrogens is 380 g/mol. The van der Waals surface area contributed by atoms with E-state index < -0.39 is 6.04 Å². The highest BCUT2D eigenvalue weighted by Gasteiger charge is 2.38. The van der Waals surface area contributed by atoms with E-state index in [1.165, 1.54) is 0 Å². The summed E-state index contributed by atoms with van der Waals surface area (Å²) in [5, 5.41) is 10.0. The number of H-pyrrole nitrogens is 1. The molecule has 6 nitrogen and oxygen atoms in total. The van der Waals surface area contributed by atoms with Gasteiger partial charge in [-0.05, 0) is 42.6 Å². The fraction of sp³-hybridized carbons (Fsp3) is 0.667. The van der Waals surface area contributed by atoms with Crippen LogP contribution in [0.25, 0.3) is 0 Å². The van der Waals surface area contributed by atoms with E-state index in [2.05, 4.69) is 31.4 Å². The molecule has 1 atom stereocenters. The maximum absolute atomic E-state index is 12.8. The van der Waals surface area contributed by atoms with E-state index in [0.717, 1.165) is 5.69 Å². The highest BCUT2D eigenvalue weighted by Crippen LogP contribution is 2.29. The summed E-state index contributed by atoms with van der Waals surface area (Å²) >= 11 is 5.03. The van der Waals surface area contributed by atoms with Crippen LogP contribution in [0.15, 0.2) is 4.47 Å². The zero-order valence-corrected chi connectivity index (χ0v) is 16.5. The van der Waals surface area contributed by atoms with Gasteiger partial charge in [0.1, 0.15) is 6.04 Å². The van der Waals surface area contributed by atoms with E-state index in [9.17, 15) is 9.59 Å². The van der Waals surface area contributed by atoms with E-state index in [1.807, 2.05) is 34.6 Å². The number of carbonyl (C=O) groups excluding carboxylic acids is 2. The molecule has 0 radical (unpaired) electrons. The molecule has 23 heavy (non-hydrogen) atoms. The topological polar surface area (TPSA) is 78.1 Å². The van der Waals surface area contributed by atoms with Crippen LogP contribution in [-0.2, 0) is 4.79 Å². The van der Waals surface area contributed by atoms with Crippen molar-refractivity contribution < 1.29 is 9.59 Å². The van der Waals surface area contributed by atoms with Crippen LogP contribution >= 0.6 is 27.7 Å². The van der Waals surface area contributed by atoms with Gasteiger partial charge in [-0.2, -0.15) is 5.10 Å². The minimum Gasteiger partial charge on any atom is -0.350 e. The predicted molar refractivity (Wildman–Crippen MR) is 95.6 cm³/mol. The summed E-state index contributed by atoms with van der Waals surface area (Å²) in [6.07, 6.45) is 0. The van der Waals surface area contributed by atoms with Crippen LogP contribution in [0.1, 0.15) is 56.7 Å². The molecule has 2 heterocycles. The molecule has 128 valence electrons. The summed E-state index contributed by atoms with van der Waals surface area (Å²) in [6.45, 7) is 9.84. The monoisotopic (exact) mass is 402 g/mol. The minimum absolute atomic E-state index is 0.119. The molecule has 1 fully saturated rings. The Morgan fingerprint density at radius 1 is 1.43 bits per heavy atom. The second kappa shape index (κ2) is 6.84. The Bertz CT molecular complexity index is 609. The van der Waals surface area contributed by atoms with Gasteiger partial charge in [0.15, 0.2) is 5.69 Å². The Morgan fingerprint density at radius 3 is 2.61 bits per heavy atom. The number of nitrogens with one attached hydrogen (secondary N) is 2. The number of halogens is 1. The van der Waals surface area contributed by atoms with Crippen molar-refractivity contribution in [3.8, 4) is 0 Å². The van der Waals surface area contributed by atoms with Crippen LogP contribution in [0.2, 0.25) is 0 Å². The summed E-state index contributed by atoms with van der Waals surface area (Å²) in [7, 11) is 0. The summed E-state index contributed by atoms with van der Waals surface area (Å²) in [6, 6.07) is -0.460. The third-order valence-electron chi connectivity index (χ3n) is 3.46. The van der Waals surface area contributed by atoms with Crippen molar-refractivity contribution in [1.82, 2.24) is 20.4 Å². The molecule has 8 heteroatoms. The van der Waals surface area contributed by atoms with E-state index in [-0.39, 0.29) is 23.3 Å². The number of hydrogen-bond donors (Lipinski definition) is 2. The second-order valence-corrected chi connectivity index (χ2v) is 8.78. The maximum Gasteiger partial charge on any atom is 0.276 e. The molecule has 2 N–H and O–H groups in total. The van der Waals surface area contributed by atoms with Gasteiger partial charge in [-0.25, -0.2) is 0 Å². The van der Waals surface area contributed by atoms with E-state index in [0.29, 0.717) is 21.8 Å². The first-order chi connectivity index (χ1) is 10.6. The number of hydrogen-bond acceptors (Lipinski definition) is 4. The first-order valence-corrected chi connectivity index (χ1v) is 9.51. The Balaban J connectivity index is 2.20. The highest BCUT2D eigenvalue weighted by atomic mass is 79.9. The largest absolute Gasteiger partial charge is 0.350 e. The lowest BCUT2D eigenvalue weighted by Gasteiger charge is -2.27. The first-order valence-electron chi connectivity index (χ1n) is 7.56. The summed E-state index contributed by atoms with van der Waals surface area (Å²) in [5.74, 6) is 0.987. The van der Waals surface area contributed by atoms with Crippen molar-refractivity contribution in [1.29, 1.82) is 0 Å². The van der Waals surface area contributed by atoms with Crippen molar-refractivity contribution in [2.45, 2.75) is 52.1 Å². The standard InChI is InChI=1S/C15H23BrN4O2S/c1-8(2)11-10(16)12(19-18-11)14(22)20-7-23-6-9(20)13(21)17-15(3,4)5/h8-9H,6-7H2,1-5H3,(H,17,21)(H,18,19). The summed E-state index contributed by atoms with van der Waals surface area (Å²) in [5.41, 5.74) is 0.900. The van der Waals surface area contributed by atoms with Crippen molar-refractivity contribution in [3.63, 3.8) is 0 Å². The second-order valence-electron chi connectivity index (χ2n) is 6.98. The molecule has 0 aliphatic carbocycles. The van der Waals surface area contributed by atoms with E-state index in [1.54, 1.807) is 16.7 Å². The van der Waals surface area contributed by atoms with Crippen molar-refractivity contribution in [2.75, 3.05) is 11.6 Å². The van der Waals surface area contributed by atoms with Gasteiger partial charge in [0, 0.05) is 11.3 Å². The summed E-state index contributed by atoms with van der Waals surface area (Å²) in [4.78, 5) is 26.8. The van der Waals surface area contributed by atoms with Crippen molar-refractivity contribution in [2.24, 2.45) is 0 Å². The van der Waals surface area contributed by atoms with Gasteiger partial charge in [-0.15, -0.1) is 11.8 Å². The average molecular weight is 403 g/mol. The number of amides is 2.